The molecule has 1 N–H and O–H groups in total. The van der Waals surface area contributed by atoms with Gasteiger partial charge in [-0.15, -0.1) is 11.6 Å². The Morgan fingerprint density at radius 3 is 2.54 bits per heavy atom. The Labute approximate surface area is 87.0 Å². The minimum absolute atomic E-state index is 0.318. The summed E-state index contributed by atoms with van der Waals surface area (Å²) in [7, 11) is 0. The number of ether oxygens (including phenoxy) is 1. The zero-order valence-corrected chi connectivity index (χ0v) is 9.73. The fraction of sp³-hybridized carbons (Fsp3) is 1.00. The van der Waals surface area contributed by atoms with Gasteiger partial charge in [0.2, 0.25) is 0 Å². The average molecular weight is 208 g/mol. The molecule has 1 unspecified atom stereocenters. The number of rotatable bonds is 8. The summed E-state index contributed by atoms with van der Waals surface area (Å²) >= 11 is 5.96. The molecule has 0 spiro atoms. The van der Waals surface area contributed by atoms with Crippen LogP contribution in [-0.4, -0.2) is 31.2 Å². The number of alkyl halides is 1. The van der Waals surface area contributed by atoms with Crippen LogP contribution in [0.3, 0.4) is 0 Å². The van der Waals surface area contributed by atoms with Crippen molar-refractivity contribution in [3.63, 3.8) is 0 Å². The van der Waals surface area contributed by atoms with Crippen molar-refractivity contribution in [1.29, 1.82) is 0 Å². The summed E-state index contributed by atoms with van der Waals surface area (Å²) in [5.74, 6) is 0. The lowest BCUT2D eigenvalue weighted by atomic mass is 10.2. The first-order valence-electron chi connectivity index (χ1n) is 5.13. The molecule has 13 heavy (non-hydrogen) atoms. The summed E-state index contributed by atoms with van der Waals surface area (Å²) < 4.78 is 5.38. The first-order chi connectivity index (χ1) is 6.16. The molecule has 0 aromatic rings. The smallest absolute Gasteiger partial charge is 0.0594 e. The van der Waals surface area contributed by atoms with Gasteiger partial charge < -0.3 is 10.1 Å². The quantitative estimate of drug-likeness (QED) is 0.488. The molecule has 3 heteroatoms. The summed E-state index contributed by atoms with van der Waals surface area (Å²) in [5.41, 5.74) is 0. The van der Waals surface area contributed by atoms with E-state index >= 15 is 0 Å². The lowest BCUT2D eigenvalue weighted by Gasteiger charge is -2.09. The Balaban J connectivity index is 2.99. The van der Waals surface area contributed by atoms with Crippen LogP contribution in [0.4, 0.5) is 0 Å². The molecular formula is C10H22ClNO. The molecule has 0 bridgehead atoms. The molecule has 2 nitrogen and oxygen atoms in total. The van der Waals surface area contributed by atoms with Crippen LogP contribution < -0.4 is 5.32 Å². The van der Waals surface area contributed by atoms with Crippen LogP contribution in [0, 0.1) is 0 Å². The van der Waals surface area contributed by atoms with Gasteiger partial charge in [0.15, 0.2) is 0 Å². The topological polar surface area (TPSA) is 21.3 Å². The molecule has 0 aliphatic rings. The summed E-state index contributed by atoms with van der Waals surface area (Å²) in [4.78, 5) is 0. The summed E-state index contributed by atoms with van der Waals surface area (Å²) in [6, 6.07) is 0. The van der Waals surface area contributed by atoms with Gasteiger partial charge in [0.1, 0.15) is 0 Å². The van der Waals surface area contributed by atoms with Gasteiger partial charge >= 0.3 is 0 Å². The van der Waals surface area contributed by atoms with Gasteiger partial charge in [-0.3, -0.25) is 0 Å². The Bertz CT molecular complexity index is 109. The third kappa shape index (κ3) is 10.1. The molecule has 0 rings (SSSR count). The van der Waals surface area contributed by atoms with Crippen molar-refractivity contribution < 1.29 is 4.74 Å². The van der Waals surface area contributed by atoms with Gasteiger partial charge in [-0.2, -0.15) is 0 Å². The lowest BCUT2D eigenvalue weighted by molar-refractivity contribution is 0.0809. The summed E-state index contributed by atoms with van der Waals surface area (Å²) in [5, 5.41) is 3.61. The maximum atomic E-state index is 5.96. The van der Waals surface area contributed by atoms with E-state index < -0.39 is 0 Å². The maximum absolute atomic E-state index is 5.96. The molecule has 0 aliphatic heterocycles. The second-order valence-electron chi connectivity index (χ2n) is 3.46. The van der Waals surface area contributed by atoms with Gasteiger partial charge in [0.05, 0.1) is 12.7 Å². The number of hydrogen-bond acceptors (Lipinski definition) is 2. The summed E-state index contributed by atoms with van der Waals surface area (Å²) in [6.07, 6.45) is 2.42. The third-order valence-corrected chi connectivity index (χ3v) is 2.33. The molecule has 0 saturated heterocycles. The highest BCUT2D eigenvalue weighted by Crippen LogP contribution is 2.04. The van der Waals surface area contributed by atoms with Gasteiger partial charge in [0.25, 0.3) is 0 Å². The van der Waals surface area contributed by atoms with Gasteiger partial charge in [-0.1, -0.05) is 6.92 Å². The van der Waals surface area contributed by atoms with Crippen LogP contribution in [0.2, 0.25) is 0 Å². The van der Waals surface area contributed by atoms with E-state index in [1.54, 1.807) is 0 Å². The van der Waals surface area contributed by atoms with Crippen molar-refractivity contribution in [1.82, 2.24) is 5.32 Å². The molecule has 0 heterocycles. The third-order valence-electron chi connectivity index (χ3n) is 1.81. The van der Waals surface area contributed by atoms with Crippen molar-refractivity contribution in [2.45, 2.75) is 45.1 Å². The average Bonchev–Trinajstić information content (AvgIpc) is 2.10. The van der Waals surface area contributed by atoms with Crippen molar-refractivity contribution in [2.24, 2.45) is 0 Å². The highest BCUT2D eigenvalue weighted by Gasteiger charge is 1.99. The van der Waals surface area contributed by atoms with Crippen LogP contribution in [0.25, 0.3) is 0 Å². The van der Waals surface area contributed by atoms with Crippen LogP contribution >= 0.6 is 11.6 Å². The monoisotopic (exact) mass is 207 g/mol. The zero-order chi connectivity index (χ0) is 10.1. The molecule has 0 saturated carbocycles. The van der Waals surface area contributed by atoms with E-state index in [4.69, 9.17) is 16.3 Å². The summed E-state index contributed by atoms with van der Waals surface area (Å²) in [6.45, 7) is 8.91. The van der Waals surface area contributed by atoms with Crippen LogP contribution in [0.1, 0.15) is 33.6 Å². The predicted octanol–water partition coefficient (Wildman–Crippen LogP) is 2.41. The SMILES string of the molecule is CCC(Cl)CCNCCOC(C)C. The van der Waals surface area contributed by atoms with E-state index in [1.165, 1.54) is 0 Å². The van der Waals surface area contributed by atoms with E-state index in [0.29, 0.717) is 11.5 Å². The molecule has 0 aromatic carbocycles. The second-order valence-corrected chi connectivity index (χ2v) is 4.08. The van der Waals surface area contributed by atoms with Crippen LogP contribution in [0.5, 0.6) is 0 Å². The van der Waals surface area contributed by atoms with Crippen LogP contribution in [0.15, 0.2) is 0 Å². The molecule has 0 radical (unpaired) electrons. The largest absolute Gasteiger partial charge is 0.377 e. The van der Waals surface area contributed by atoms with Crippen molar-refractivity contribution >= 4 is 11.6 Å². The predicted molar refractivity (Wildman–Crippen MR) is 58.5 cm³/mol. The maximum Gasteiger partial charge on any atom is 0.0594 e. The van der Waals surface area contributed by atoms with E-state index in [2.05, 4.69) is 12.2 Å². The molecule has 80 valence electrons. The van der Waals surface area contributed by atoms with Crippen molar-refractivity contribution in [2.75, 3.05) is 19.7 Å². The van der Waals surface area contributed by atoms with E-state index in [0.717, 1.165) is 32.5 Å². The number of halogens is 1. The molecule has 1 atom stereocenters. The fourth-order valence-corrected chi connectivity index (χ4v) is 1.06. The highest BCUT2D eigenvalue weighted by molar-refractivity contribution is 6.20. The molecule has 0 aliphatic carbocycles. The Morgan fingerprint density at radius 2 is 2.00 bits per heavy atom. The minimum Gasteiger partial charge on any atom is -0.377 e. The lowest BCUT2D eigenvalue weighted by Crippen LogP contribution is -2.23. The van der Waals surface area contributed by atoms with Crippen molar-refractivity contribution in [3.05, 3.63) is 0 Å². The van der Waals surface area contributed by atoms with Crippen molar-refractivity contribution in [3.8, 4) is 0 Å². The number of nitrogens with one attached hydrogen (secondary N) is 1. The van der Waals surface area contributed by atoms with E-state index in [1.807, 2.05) is 13.8 Å². The molecular weight excluding hydrogens is 186 g/mol. The highest BCUT2D eigenvalue weighted by atomic mass is 35.5. The first-order valence-corrected chi connectivity index (χ1v) is 5.56. The van der Waals surface area contributed by atoms with Gasteiger partial charge in [0, 0.05) is 11.9 Å². The van der Waals surface area contributed by atoms with Gasteiger partial charge in [-0.05, 0) is 33.2 Å². The Kier molecular flexibility index (Phi) is 8.93. The zero-order valence-electron chi connectivity index (χ0n) is 8.98. The Hall–Kier alpha value is 0.210. The molecule has 0 amide bonds. The minimum atomic E-state index is 0.318. The second kappa shape index (κ2) is 8.79. The fourth-order valence-electron chi connectivity index (χ4n) is 0.955. The first kappa shape index (κ1) is 13.2. The molecule has 0 fully saturated rings. The standard InChI is InChI=1S/C10H22ClNO/c1-4-10(11)5-6-12-7-8-13-9(2)3/h9-10,12H,4-8H2,1-3H3. The normalized spacial score (nSPS) is 13.6. The van der Waals surface area contributed by atoms with E-state index in [-0.39, 0.29) is 0 Å². The van der Waals surface area contributed by atoms with E-state index in [9.17, 15) is 0 Å². The van der Waals surface area contributed by atoms with Crippen LogP contribution in [-0.2, 0) is 4.74 Å². The Morgan fingerprint density at radius 1 is 1.31 bits per heavy atom. The van der Waals surface area contributed by atoms with Gasteiger partial charge in [-0.25, -0.2) is 0 Å². The number of hydrogen-bond donors (Lipinski definition) is 1. The molecule has 0 aromatic heterocycles.